The van der Waals surface area contributed by atoms with Crippen LogP contribution in [-0.2, 0) is 0 Å². The van der Waals surface area contributed by atoms with Crippen LogP contribution in [-0.4, -0.2) is 17.7 Å². The van der Waals surface area contributed by atoms with Gasteiger partial charge in [-0.15, -0.1) is 0 Å². The van der Waals surface area contributed by atoms with Crippen molar-refractivity contribution in [2.75, 3.05) is 6.54 Å². The van der Waals surface area contributed by atoms with Crippen molar-refractivity contribution in [3.63, 3.8) is 0 Å². The van der Waals surface area contributed by atoms with Gasteiger partial charge in [0.05, 0.1) is 0 Å². The molecule has 0 saturated heterocycles. The van der Waals surface area contributed by atoms with Crippen molar-refractivity contribution in [1.82, 2.24) is 10.3 Å². The summed E-state index contributed by atoms with van der Waals surface area (Å²) in [5, 5.41) is 11.2. The van der Waals surface area contributed by atoms with E-state index in [1.54, 1.807) is 18.3 Å². The Labute approximate surface area is 178 Å². The lowest BCUT2D eigenvalue weighted by atomic mass is 9.94. The molecule has 0 aliphatic carbocycles. The maximum Gasteiger partial charge on any atom is 0.123 e. The minimum Gasteiger partial charge on any atom is -0.398 e. The second kappa shape index (κ2) is 10.0. The number of pyridine rings is 1. The summed E-state index contributed by atoms with van der Waals surface area (Å²) in [5.41, 5.74) is 13.8. The molecule has 0 fully saturated rings. The van der Waals surface area contributed by atoms with E-state index in [2.05, 4.69) is 16.9 Å². The third kappa shape index (κ3) is 5.66. The quantitative estimate of drug-likeness (QED) is 0.401. The molecule has 0 spiro atoms. The van der Waals surface area contributed by atoms with Crippen LogP contribution in [0.4, 0.5) is 4.39 Å². The van der Waals surface area contributed by atoms with Crippen LogP contribution in [0.5, 0.6) is 0 Å². The smallest absolute Gasteiger partial charge is 0.123 e. The molecule has 0 aliphatic rings. The van der Waals surface area contributed by atoms with E-state index in [0.717, 1.165) is 39.2 Å². The van der Waals surface area contributed by atoms with Crippen molar-refractivity contribution in [3.05, 3.63) is 88.0 Å². The maximum atomic E-state index is 13.8. The Bertz CT molecular complexity index is 1020. The molecule has 0 aliphatic heterocycles. The molecule has 2 aromatic rings. The number of aromatic nitrogens is 1. The van der Waals surface area contributed by atoms with Crippen molar-refractivity contribution in [2.24, 2.45) is 5.73 Å². The fourth-order valence-electron chi connectivity index (χ4n) is 3.12. The molecular formula is C25H31FN4. The van der Waals surface area contributed by atoms with Crippen LogP contribution in [0, 0.1) is 25.1 Å². The largest absolute Gasteiger partial charge is 0.398 e. The van der Waals surface area contributed by atoms with Gasteiger partial charge < -0.3 is 16.5 Å². The second-order valence-electron chi connectivity index (χ2n) is 7.85. The summed E-state index contributed by atoms with van der Waals surface area (Å²) in [6, 6.07) is 6.77. The van der Waals surface area contributed by atoms with Gasteiger partial charge in [0.15, 0.2) is 0 Å². The highest BCUT2D eigenvalue weighted by Gasteiger charge is 2.13. The van der Waals surface area contributed by atoms with Gasteiger partial charge in [0.2, 0.25) is 0 Å². The topological polar surface area (TPSA) is 74.8 Å². The highest BCUT2D eigenvalue weighted by atomic mass is 19.1. The first-order chi connectivity index (χ1) is 14.1. The van der Waals surface area contributed by atoms with E-state index in [0.29, 0.717) is 17.8 Å². The van der Waals surface area contributed by atoms with Crippen molar-refractivity contribution in [3.8, 4) is 0 Å². The van der Waals surface area contributed by atoms with Gasteiger partial charge in [0, 0.05) is 52.7 Å². The molecule has 0 saturated carbocycles. The van der Waals surface area contributed by atoms with E-state index in [1.807, 2.05) is 46.8 Å². The first-order valence-electron chi connectivity index (χ1n) is 9.97. The Morgan fingerprint density at radius 2 is 2.00 bits per heavy atom. The van der Waals surface area contributed by atoms with Crippen LogP contribution in [0.1, 0.15) is 54.6 Å². The number of nitrogens with zero attached hydrogens (tertiary/aromatic N) is 1. The van der Waals surface area contributed by atoms with Crippen molar-refractivity contribution in [1.29, 1.82) is 5.41 Å². The minimum atomic E-state index is -0.260. The van der Waals surface area contributed by atoms with E-state index in [-0.39, 0.29) is 11.7 Å². The molecule has 158 valence electrons. The first kappa shape index (κ1) is 23.1. The number of hydrogen-bond donors (Lipinski definition) is 3. The summed E-state index contributed by atoms with van der Waals surface area (Å²) in [7, 11) is 0. The fraction of sp³-hybridized carbons (Fsp3) is 0.280. The molecule has 0 unspecified atom stereocenters. The molecule has 0 atom stereocenters. The zero-order valence-corrected chi connectivity index (χ0v) is 18.4. The van der Waals surface area contributed by atoms with Gasteiger partial charge in [0.1, 0.15) is 5.82 Å². The van der Waals surface area contributed by atoms with Crippen LogP contribution >= 0.6 is 0 Å². The molecule has 1 aromatic heterocycles. The van der Waals surface area contributed by atoms with Crippen molar-refractivity contribution in [2.45, 2.75) is 40.5 Å². The van der Waals surface area contributed by atoms with Crippen molar-refractivity contribution < 1.29 is 4.39 Å². The van der Waals surface area contributed by atoms with Gasteiger partial charge in [-0.25, -0.2) is 4.39 Å². The zero-order chi connectivity index (χ0) is 22.4. The standard InChI is InChI=1S/C25H31FN4/c1-15(2)9-24(22-8-7-21(26)11-23(22)16(3)4)30-14-20(12-27)25(28)19-10-17(5)18(6)29-13-19/h7-13,16,27,30H,1,14,28H2,2-6H3/b24-9-,25-20+,27-12?. The molecule has 4 nitrogen and oxygen atoms in total. The molecule has 0 amide bonds. The number of benzene rings is 1. The van der Waals surface area contributed by atoms with E-state index in [9.17, 15) is 4.39 Å². The van der Waals surface area contributed by atoms with Gasteiger partial charge in [-0.2, -0.15) is 0 Å². The van der Waals surface area contributed by atoms with Gasteiger partial charge >= 0.3 is 0 Å². The molecule has 1 heterocycles. The Kier molecular flexibility index (Phi) is 7.70. The second-order valence-corrected chi connectivity index (χ2v) is 7.85. The van der Waals surface area contributed by atoms with E-state index >= 15 is 0 Å². The van der Waals surface area contributed by atoms with E-state index < -0.39 is 0 Å². The predicted molar refractivity (Wildman–Crippen MR) is 125 cm³/mol. The number of nitrogens with two attached hydrogens (primary N) is 1. The molecule has 0 bridgehead atoms. The Hall–Kier alpha value is -3.21. The van der Waals surface area contributed by atoms with E-state index in [1.165, 1.54) is 12.3 Å². The van der Waals surface area contributed by atoms with Crippen LogP contribution in [0.25, 0.3) is 11.4 Å². The SMILES string of the molecule is C=C(C)/C=C(\NC/C(C=N)=C(/N)c1cnc(C)c(C)c1)c1ccc(F)cc1C(C)C. The lowest BCUT2D eigenvalue weighted by molar-refractivity contribution is 0.623. The summed E-state index contributed by atoms with van der Waals surface area (Å²) in [6.07, 6.45) is 4.90. The molecule has 5 heteroatoms. The number of hydrogen-bond acceptors (Lipinski definition) is 4. The van der Waals surface area contributed by atoms with Gasteiger partial charge in [-0.05, 0) is 68.2 Å². The summed E-state index contributed by atoms with van der Waals surface area (Å²) >= 11 is 0. The zero-order valence-electron chi connectivity index (χ0n) is 18.4. The molecule has 0 radical (unpaired) electrons. The highest BCUT2D eigenvalue weighted by Crippen LogP contribution is 2.26. The predicted octanol–water partition coefficient (Wildman–Crippen LogP) is 5.49. The summed E-state index contributed by atoms with van der Waals surface area (Å²) in [4.78, 5) is 4.37. The number of nitrogens with one attached hydrogen (secondary N) is 2. The van der Waals surface area contributed by atoms with Crippen LogP contribution in [0.15, 0.2) is 54.3 Å². The number of rotatable bonds is 8. The number of allylic oxidation sites excluding steroid dienone is 2. The average Bonchev–Trinajstić information content (AvgIpc) is 2.69. The lowest BCUT2D eigenvalue weighted by Gasteiger charge is -2.19. The van der Waals surface area contributed by atoms with Crippen LogP contribution < -0.4 is 11.1 Å². The first-order valence-corrected chi connectivity index (χ1v) is 9.97. The van der Waals surface area contributed by atoms with Gasteiger partial charge in [-0.3, -0.25) is 4.98 Å². The fourth-order valence-corrected chi connectivity index (χ4v) is 3.12. The molecule has 30 heavy (non-hydrogen) atoms. The molecule has 4 N–H and O–H groups in total. The van der Waals surface area contributed by atoms with Crippen LogP contribution in [0.2, 0.25) is 0 Å². The third-order valence-electron chi connectivity index (χ3n) is 4.96. The van der Waals surface area contributed by atoms with E-state index in [4.69, 9.17) is 11.1 Å². The Morgan fingerprint density at radius 1 is 1.30 bits per heavy atom. The summed E-state index contributed by atoms with van der Waals surface area (Å²) in [6.45, 7) is 14.2. The summed E-state index contributed by atoms with van der Waals surface area (Å²) in [5.74, 6) is -0.112. The Balaban J connectivity index is 2.41. The Morgan fingerprint density at radius 3 is 2.57 bits per heavy atom. The molecule has 1 aromatic carbocycles. The lowest BCUT2D eigenvalue weighted by Crippen LogP contribution is -2.20. The summed E-state index contributed by atoms with van der Waals surface area (Å²) < 4.78 is 13.8. The minimum absolute atomic E-state index is 0.149. The van der Waals surface area contributed by atoms with Crippen molar-refractivity contribution >= 4 is 17.6 Å². The molecular weight excluding hydrogens is 375 g/mol. The number of aryl methyl sites for hydroxylation is 2. The monoisotopic (exact) mass is 406 g/mol. The van der Waals surface area contributed by atoms with Gasteiger partial charge in [-0.1, -0.05) is 26.0 Å². The third-order valence-corrected chi connectivity index (χ3v) is 4.96. The maximum absolute atomic E-state index is 13.8. The molecule has 2 rings (SSSR count). The van der Waals surface area contributed by atoms with Gasteiger partial charge in [0.25, 0.3) is 0 Å². The highest BCUT2D eigenvalue weighted by molar-refractivity contribution is 5.89. The number of halogens is 1. The normalized spacial score (nSPS) is 12.6. The van der Waals surface area contributed by atoms with Crippen LogP contribution in [0.3, 0.4) is 0 Å². The average molecular weight is 407 g/mol.